The van der Waals surface area contributed by atoms with Crippen molar-refractivity contribution in [3.8, 4) is 0 Å². The Labute approximate surface area is 236 Å². The van der Waals surface area contributed by atoms with Crippen LogP contribution in [0.1, 0.15) is 20.7 Å². The monoisotopic (exact) mass is 547 g/mol. The van der Waals surface area contributed by atoms with E-state index in [-0.39, 0.29) is 44.5 Å². The second kappa shape index (κ2) is 7.01. The summed E-state index contributed by atoms with van der Waals surface area (Å²) < 4.78 is 0. The predicted molar refractivity (Wildman–Crippen MR) is 147 cm³/mol. The van der Waals surface area contributed by atoms with Crippen LogP contribution in [0.4, 0.5) is 0 Å². The van der Waals surface area contributed by atoms with Crippen LogP contribution >= 0.6 is 0 Å². The topological polar surface area (TPSA) is 37.4 Å². The van der Waals surface area contributed by atoms with E-state index in [1.807, 2.05) is 18.2 Å². The minimum atomic E-state index is -0.242. The Bertz CT molecular complexity index is 2170. The maximum Gasteiger partial charge on any atom is 0.261 e. The van der Waals surface area contributed by atoms with Gasteiger partial charge in [0.2, 0.25) is 0 Å². The molecule has 0 spiro atoms. The SMILES string of the molecule is CN1C(=O)c2ccc3c4ccc5c6cc[c-]c7cccc(c8ccc(c9ccc(c2c39)C1=O)c4c58)c76.[Y]. The maximum atomic E-state index is 13.0. The van der Waals surface area contributed by atoms with Gasteiger partial charge in [-0.2, -0.15) is 0 Å². The van der Waals surface area contributed by atoms with Gasteiger partial charge in [0, 0.05) is 56.3 Å². The normalized spacial score (nSPS) is 13.9. The summed E-state index contributed by atoms with van der Waals surface area (Å²) >= 11 is 0. The van der Waals surface area contributed by atoms with Crippen LogP contribution in [0, 0.1) is 6.07 Å². The zero-order valence-electron chi connectivity index (χ0n) is 19.8. The first-order valence-electron chi connectivity index (χ1n) is 12.1. The Kier molecular flexibility index (Phi) is 4.06. The fourth-order valence-electron chi connectivity index (χ4n) is 6.86. The van der Waals surface area contributed by atoms with Crippen molar-refractivity contribution in [2.45, 2.75) is 0 Å². The summed E-state index contributed by atoms with van der Waals surface area (Å²) in [5.74, 6) is -0.484. The molecule has 0 saturated carbocycles. The van der Waals surface area contributed by atoms with Gasteiger partial charge in [-0.1, -0.05) is 58.6 Å². The summed E-state index contributed by atoms with van der Waals surface area (Å²) in [7, 11) is 1.56. The number of fused-ring (bicyclic) bond motifs is 4. The summed E-state index contributed by atoms with van der Waals surface area (Å²) in [5.41, 5.74) is 1.19. The third-order valence-corrected chi connectivity index (χ3v) is 8.37. The Morgan fingerprint density at radius 2 is 0.946 bits per heavy atom. The van der Waals surface area contributed by atoms with Gasteiger partial charge in [-0.15, -0.1) is 35.7 Å². The molecule has 9 rings (SSSR count). The molecule has 0 aliphatic carbocycles. The second-order valence-corrected chi connectivity index (χ2v) is 9.93. The Morgan fingerprint density at radius 1 is 0.514 bits per heavy atom. The molecule has 1 heterocycles. The van der Waals surface area contributed by atoms with Crippen LogP contribution < -0.4 is 0 Å². The molecular weight excluding hydrogens is 531 g/mol. The molecular formula is C33H16NO2Y-. The Balaban J connectivity index is 0.00000215. The molecule has 0 saturated heterocycles. The van der Waals surface area contributed by atoms with Gasteiger partial charge in [-0.05, 0) is 60.6 Å². The van der Waals surface area contributed by atoms with Crippen LogP contribution in [0.3, 0.4) is 0 Å². The minimum absolute atomic E-state index is 0. The van der Waals surface area contributed by atoms with Gasteiger partial charge >= 0.3 is 0 Å². The predicted octanol–water partition coefficient (Wildman–Crippen LogP) is 7.66. The molecule has 0 bridgehead atoms. The van der Waals surface area contributed by atoms with Gasteiger partial charge in [0.05, 0.1) is 0 Å². The van der Waals surface area contributed by atoms with Gasteiger partial charge in [0.25, 0.3) is 11.8 Å². The zero-order valence-corrected chi connectivity index (χ0v) is 22.7. The molecule has 1 aliphatic heterocycles. The van der Waals surface area contributed by atoms with Gasteiger partial charge in [-0.25, -0.2) is 0 Å². The molecule has 8 aromatic carbocycles. The summed E-state index contributed by atoms with van der Waals surface area (Å²) in [4.78, 5) is 27.3. The number of hydrogen-bond acceptors (Lipinski definition) is 2. The number of rotatable bonds is 0. The summed E-state index contributed by atoms with van der Waals surface area (Å²) in [6.07, 6.45) is 0. The van der Waals surface area contributed by atoms with E-state index in [4.69, 9.17) is 0 Å². The number of benzene rings is 8. The molecule has 0 aromatic heterocycles. The first kappa shape index (κ1) is 21.4. The van der Waals surface area contributed by atoms with Crippen molar-refractivity contribution >= 4 is 87.2 Å². The number of carbonyl (C=O) groups is 2. The smallest absolute Gasteiger partial charge is 0.261 e. The number of nitrogens with zero attached hydrogens (tertiary/aromatic N) is 1. The molecule has 0 atom stereocenters. The average Bonchev–Trinajstić information content (AvgIpc) is 2.92. The van der Waals surface area contributed by atoms with E-state index in [9.17, 15) is 9.59 Å². The van der Waals surface area contributed by atoms with Crippen LogP contribution in [-0.4, -0.2) is 23.8 Å². The molecule has 4 heteroatoms. The summed E-state index contributed by atoms with van der Waals surface area (Å²) in [5, 5.41) is 16.1. The molecule has 1 aliphatic rings. The van der Waals surface area contributed by atoms with E-state index in [0.717, 1.165) is 37.7 Å². The molecule has 37 heavy (non-hydrogen) atoms. The van der Waals surface area contributed by atoms with Crippen LogP contribution in [0.5, 0.6) is 0 Å². The van der Waals surface area contributed by atoms with Crippen molar-refractivity contribution in [2.24, 2.45) is 0 Å². The van der Waals surface area contributed by atoms with Gasteiger partial charge in [0.1, 0.15) is 0 Å². The van der Waals surface area contributed by atoms with E-state index >= 15 is 0 Å². The summed E-state index contributed by atoms with van der Waals surface area (Å²) in [6.45, 7) is 0. The van der Waals surface area contributed by atoms with Crippen LogP contribution in [0.15, 0.2) is 78.9 Å². The molecule has 3 nitrogen and oxygen atoms in total. The average molecular weight is 547 g/mol. The number of amides is 2. The van der Waals surface area contributed by atoms with Crippen molar-refractivity contribution in [2.75, 3.05) is 7.05 Å². The fraction of sp³-hybridized carbons (Fsp3) is 0.0303. The van der Waals surface area contributed by atoms with E-state index < -0.39 is 0 Å². The van der Waals surface area contributed by atoms with Crippen molar-refractivity contribution < 1.29 is 42.3 Å². The maximum absolute atomic E-state index is 13.0. The number of carbonyl (C=O) groups excluding carboxylic acids is 2. The molecule has 0 fully saturated rings. The van der Waals surface area contributed by atoms with Crippen molar-refractivity contribution in [1.29, 1.82) is 0 Å². The van der Waals surface area contributed by atoms with Gasteiger partial charge in [-0.3, -0.25) is 14.5 Å². The van der Waals surface area contributed by atoms with Gasteiger partial charge < -0.3 is 0 Å². The second-order valence-electron chi connectivity index (χ2n) is 9.93. The quantitative estimate of drug-likeness (QED) is 0.0847. The standard InChI is InChI=1S/C33H16NO2.Y/c1-34-32(35)25-14-12-23-21-10-8-19-17-6-2-4-16-5-3-7-18(27(16)17)20-9-11-22(29(21)28(19)20)24-13-15-26(33(34)36)31(25)30(23)24;/h2-4,6-15H,1H3;/q-1;. The first-order valence-corrected chi connectivity index (χ1v) is 12.1. The van der Waals surface area contributed by atoms with E-state index in [0.29, 0.717) is 11.1 Å². The molecule has 0 N–H and O–H groups in total. The van der Waals surface area contributed by atoms with Crippen LogP contribution in [0.25, 0.3) is 75.4 Å². The molecule has 0 unspecified atom stereocenters. The Hall–Kier alpha value is -3.66. The number of imide groups is 1. The molecule has 169 valence electrons. The molecule has 1 radical (unpaired) electrons. The first-order chi connectivity index (χ1) is 17.6. The minimum Gasteiger partial charge on any atom is -0.277 e. The van der Waals surface area contributed by atoms with Crippen LogP contribution in [-0.2, 0) is 32.7 Å². The zero-order chi connectivity index (χ0) is 23.9. The van der Waals surface area contributed by atoms with Crippen molar-refractivity contribution in [3.05, 3.63) is 96.1 Å². The third-order valence-electron chi connectivity index (χ3n) is 8.37. The van der Waals surface area contributed by atoms with Crippen molar-refractivity contribution in [1.82, 2.24) is 4.90 Å². The summed E-state index contributed by atoms with van der Waals surface area (Å²) in [6, 6.07) is 30.9. The fourth-order valence-corrected chi connectivity index (χ4v) is 6.86. The van der Waals surface area contributed by atoms with Crippen molar-refractivity contribution in [3.63, 3.8) is 0 Å². The Morgan fingerprint density at radius 3 is 1.49 bits per heavy atom. The molecule has 8 aromatic rings. The van der Waals surface area contributed by atoms with Gasteiger partial charge in [0.15, 0.2) is 0 Å². The van der Waals surface area contributed by atoms with E-state index in [1.165, 1.54) is 42.6 Å². The largest absolute Gasteiger partial charge is 0.277 e. The number of hydrogen-bond donors (Lipinski definition) is 0. The third kappa shape index (κ3) is 2.36. The van der Waals surface area contributed by atoms with E-state index in [1.54, 1.807) is 7.05 Å². The molecule has 2 amide bonds. The van der Waals surface area contributed by atoms with Crippen LogP contribution in [0.2, 0.25) is 0 Å². The van der Waals surface area contributed by atoms with E-state index in [2.05, 4.69) is 66.7 Å².